The zero-order valence-electron chi connectivity index (χ0n) is 40.6. The Morgan fingerprint density at radius 1 is 0.650 bits per heavy atom. The Morgan fingerprint density at radius 3 is 1.42 bits per heavy atom. The van der Waals surface area contributed by atoms with E-state index >= 15 is 0 Å². The molecule has 1 aliphatic heterocycles. The van der Waals surface area contributed by atoms with Gasteiger partial charge in [0.05, 0.1) is 24.4 Å². The van der Waals surface area contributed by atoms with E-state index in [4.69, 9.17) is 19.3 Å². The number of carboxylic acids is 1. The minimum atomic E-state index is -2.46. The second-order valence-corrected chi connectivity index (χ2v) is 30.6. The maximum absolute atomic E-state index is 14.8. The monoisotopic (exact) mass is 887 g/mol. The molecule has 0 bridgehead atoms. The van der Waals surface area contributed by atoms with E-state index in [1.807, 2.05) is 47.0 Å². The zero-order chi connectivity index (χ0) is 47.4. The average Bonchev–Trinajstić information content (AvgIpc) is 3.31. The number of hydrogen-bond donors (Lipinski definition) is 6. The van der Waals surface area contributed by atoms with E-state index in [1.54, 1.807) is 76.2 Å². The van der Waals surface area contributed by atoms with Gasteiger partial charge in [0, 0.05) is 0 Å². The van der Waals surface area contributed by atoms with Crippen molar-refractivity contribution in [1.29, 1.82) is 0 Å². The van der Waals surface area contributed by atoms with Crippen LogP contribution in [-0.2, 0) is 42.4 Å². The predicted molar refractivity (Wildman–Crippen MR) is 239 cm³/mol. The molecule has 0 saturated carbocycles. The molecule has 0 unspecified atom stereocenters. The number of nitrogens with one attached hydrogen (secondary N) is 4. The van der Waals surface area contributed by atoms with Gasteiger partial charge in [-0.05, 0) is 88.6 Å². The van der Waals surface area contributed by atoms with Crippen LogP contribution in [0.25, 0.3) is 0 Å². The molecule has 0 aliphatic carbocycles. The Kier molecular flexibility index (Phi) is 18.8. The van der Waals surface area contributed by atoms with Gasteiger partial charge in [0.1, 0.15) is 29.9 Å². The lowest BCUT2D eigenvalue weighted by Crippen LogP contribution is -2.65. The molecule has 0 aromatic carbocycles. The molecule has 5 amide bonds. The van der Waals surface area contributed by atoms with Crippen molar-refractivity contribution in [3.05, 3.63) is 0 Å². The normalized spacial score (nSPS) is 21.1. The summed E-state index contributed by atoms with van der Waals surface area (Å²) in [6, 6.07) is -7.18. The van der Waals surface area contributed by atoms with Crippen molar-refractivity contribution in [3.63, 3.8) is 0 Å². The van der Waals surface area contributed by atoms with E-state index in [1.165, 1.54) is 4.90 Å². The smallest absolute Gasteiger partial charge is 0.328 e. The van der Waals surface area contributed by atoms with Gasteiger partial charge in [-0.1, -0.05) is 83.1 Å². The molecule has 1 saturated heterocycles. The maximum atomic E-state index is 14.8. The minimum Gasteiger partial charge on any atom is -0.480 e. The van der Waals surface area contributed by atoms with Gasteiger partial charge in [0.15, 0.2) is 22.7 Å². The van der Waals surface area contributed by atoms with Gasteiger partial charge in [-0.3, -0.25) is 28.9 Å². The van der Waals surface area contributed by atoms with Crippen LogP contribution in [0.5, 0.6) is 0 Å². The van der Waals surface area contributed by atoms with Crippen molar-refractivity contribution in [2.75, 3.05) is 0 Å². The number of rotatable bonds is 19. The van der Waals surface area contributed by atoms with Crippen molar-refractivity contribution in [1.82, 2.24) is 26.2 Å². The molecule has 1 aliphatic rings. The maximum Gasteiger partial charge on any atom is 0.328 e. The van der Waals surface area contributed by atoms with Gasteiger partial charge in [-0.25, -0.2) is 4.79 Å². The molecule has 7 N–H and O–H groups in total. The highest BCUT2D eigenvalue weighted by Crippen LogP contribution is 2.39. The highest BCUT2D eigenvalue weighted by molar-refractivity contribution is 6.74. The summed E-state index contributed by atoms with van der Waals surface area (Å²) in [5.74, 6) is -5.76. The fourth-order valence-electron chi connectivity index (χ4n) is 6.52. The average molecular weight is 887 g/mol. The number of amides is 5. The molecule has 0 spiro atoms. The third-order valence-electron chi connectivity index (χ3n) is 12.4. The number of hydrogen-bond acceptors (Lipinski definition) is 10. The van der Waals surface area contributed by atoms with E-state index in [9.17, 15) is 33.9 Å². The summed E-state index contributed by atoms with van der Waals surface area (Å²) in [7, 11) is -4.88. The lowest BCUT2D eigenvalue weighted by molar-refractivity contribution is -0.155. The summed E-state index contributed by atoms with van der Waals surface area (Å²) in [4.78, 5) is 84.3. The van der Waals surface area contributed by atoms with Crippen molar-refractivity contribution in [2.45, 2.75) is 214 Å². The Labute approximate surface area is 362 Å². The summed E-state index contributed by atoms with van der Waals surface area (Å²) in [6.45, 7) is 39.0. The molecule has 9 atom stereocenters. The van der Waals surface area contributed by atoms with Crippen molar-refractivity contribution >= 4 is 52.1 Å². The molecule has 1 rings (SSSR count). The summed E-state index contributed by atoms with van der Waals surface area (Å²) in [5, 5.41) is 20.8. The van der Waals surface area contributed by atoms with Gasteiger partial charge in [-0.15, -0.1) is 0 Å². The summed E-state index contributed by atoms with van der Waals surface area (Å²) < 4.78 is 19.1. The molecule has 0 aromatic rings. The van der Waals surface area contributed by atoms with E-state index in [0.29, 0.717) is 0 Å². The van der Waals surface area contributed by atoms with Crippen molar-refractivity contribution < 1.29 is 47.5 Å². The summed E-state index contributed by atoms with van der Waals surface area (Å²) in [6.07, 6.45) is -2.53. The second kappa shape index (κ2) is 20.5. The standard InChI is InChI=1S/C42H82N6O10Si2/c1-22(2)28(43)34(49)46-31(25(7)57-59(18,19)40(10,11)12)36(51)45-30(24(5)6)38(53)48-33(27(9)56-42(48,16)17)37(52)44-29(23(3)4)35(50)47-32(39(54)55)26(8)58-60(20,21)41(13,14)15/h22-33H,43H2,1-21H3,(H,44,52)(H,45,51)(H,46,49)(H,47,50)(H,54,55)/t25-,26-,27-,28+,29+,30+,31+,32+,33+/m1/s1. The lowest BCUT2D eigenvalue weighted by atomic mass is 9.98. The number of carboxylic acid groups (broad SMARTS) is 1. The van der Waals surface area contributed by atoms with E-state index < -0.39 is 124 Å². The third kappa shape index (κ3) is 13.8. The first-order valence-electron chi connectivity index (χ1n) is 21.4. The van der Waals surface area contributed by atoms with Crippen molar-refractivity contribution in [3.8, 4) is 0 Å². The van der Waals surface area contributed by atoms with Crippen LogP contribution in [0.4, 0.5) is 0 Å². The predicted octanol–water partition coefficient (Wildman–Crippen LogP) is 4.48. The molecular weight excluding hydrogens is 805 g/mol. The van der Waals surface area contributed by atoms with Crippen LogP contribution in [0.1, 0.15) is 118 Å². The van der Waals surface area contributed by atoms with Crippen LogP contribution >= 0.6 is 0 Å². The van der Waals surface area contributed by atoms with E-state index in [0.717, 1.165) is 0 Å². The quantitative estimate of drug-likeness (QED) is 0.0992. The number of aliphatic carboxylic acids is 1. The zero-order valence-corrected chi connectivity index (χ0v) is 42.6. The minimum absolute atomic E-state index is 0.213. The topological polar surface area (TPSA) is 228 Å². The second-order valence-electron chi connectivity index (χ2n) is 21.1. The first-order chi connectivity index (χ1) is 26.8. The summed E-state index contributed by atoms with van der Waals surface area (Å²) in [5.41, 5.74) is 4.85. The first-order valence-corrected chi connectivity index (χ1v) is 27.2. The van der Waals surface area contributed by atoms with Crippen LogP contribution in [0.3, 0.4) is 0 Å². The van der Waals surface area contributed by atoms with Crippen LogP contribution in [-0.4, -0.2) is 122 Å². The van der Waals surface area contributed by atoms with Gasteiger partial charge >= 0.3 is 5.97 Å². The van der Waals surface area contributed by atoms with E-state index in [-0.39, 0.29) is 16.0 Å². The molecule has 1 heterocycles. The van der Waals surface area contributed by atoms with Gasteiger partial charge < -0.3 is 45.7 Å². The van der Waals surface area contributed by atoms with Crippen LogP contribution in [0, 0.1) is 17.8 Å². The largest absolute Gasteiger partial charge is 0.480 e. The number of nitrogens with two attached hydrogens (primary N) is 1. The highest BCUT2D eigenvalue weighted by Gasteiger charge is 2.54. The number of carbonyl (C=O) groups excluding carboxylic acids is 5. The molecule has 18 heteroatoms. The molecule has 60 heavy (non-hydrogen) atoms. The first kappa shape index (κ1) is 55.1. The van der Waals surface area contributed by atoms with E-state index in [2.05, 4.69) is 42.0 Å². The molecular formula is C42H82N6O10Si2. The summed E-state index contributed by atoms with van der Waals surface area (Å²) >= 11 is 0. The van der Waals surface area contributed by atoms with Crippen molar-refractivity contribution in [2.24, 2.45) is 23.5 Å². The Balaban J connectivity index is 3.56. The molecule has 16 nitrogen and oxygen atoms in total. The molecule has 0 aromatic heterocycles. The number of nitrogens with zero attached hydrogens (tertiary/aromatic N) is 1. The Hall–Kier alpha value is -2.91. The van der Waals surface area contributed by atoms with Crippen LogP contribution < -0.4 is 27.0 Å². The third-order valence-corrected chi connectivity index (χ3v) is 21.6. The molecule has 1 fully saturated rings. The number of carbonyl (C=O) groups is 6. The van der Waals surface area contributed by atoms with Gasteiger partial charge in [0.25, 0.3) is 0 Å². The Morgan fingerprint density at radius 2 is 1.03 bits per heavy atom. The van der Waals surface area contributed by atoms with Crippen LogP contribution in [0.2, 0.25) is 36.3 Å². The fraction of sp³-hybridized carbons (Fsp3) is 0.857. The SMILES string of the molecule is CC(C)[C@H](N)C(=O)N[C@H](C(=O)N[C@H](C(=O)N1[C@H](C(=O)N[C@H](C(=O)N[C@H](C(=O)O)[C@@H](C)O[Si](C)(C)C(C)(C)C)C(C)C)[C@@H](C)OC1(C)C)C(C)C)[C@@H](C)O[Si](C)(C)C(C)(C)C. The number of ether oxygens (including phenoxy) is 1. The van der Waals surface area contributed by atoms with Crippen LogP contribution in [0.15, 0.2) is 0 Å². The van der Waals surface area contributed by atoms with Gasteiger partial charge in [-0.2, -0.15) is 0 Å². The molecule has 348 valence electrons. The fourth-order valence-corrected chi connectivity index (χ4v) is 9.36. The lowest BCUT2D eigenvalue weighted by Gasteiger charge is -2.41. The van der Waals surface area contributed by atoms with Gasteiger partial charge in [0.2, 0.25) is 29.5 Å². The highest BCUT2D eigenvalue weighted by atomic mass is 28.4. The Bertz CT molecular complexity index is 1540. The molecule has 0 radical (unpaired) electrons.